The maximum absolute atomic E-state index is 12.2. The van der Waals surface area contributed by atoms with Crippen molar-refractivity contribution < 1.29 is 4.79 Å². The van der Waals surface area contributed by atoms with Crippen LogP contribution in [-0.4, -0.2) is 42.0 Å². The second-order valence-corrected chi connectivity index (χ2v) is 5.98. The Labute approximate surface area is 125 Å². The zero-order valence-corrected chi connectivity index (χ0v) is 12.3. The first-order valence-electron chi connectivity index (χ1n) is 7.57. The highest BCUT2D eigenvalue weighted by Gasteiger charge is 2.35. The zero-order chi connectivity index (χ0) is 14.8. The molecule has 1 amide bonds. The second kappa shape index (κ2) is 5.72. The first-order chi connectivity index (χ1) is 10.2. The fourth-order valence-corrected chi connectivity index (χ4v) is 2.94. The number of pyridine rings is 1. The number of piperidine rings is 1. The van der Waals surface area contributed by atoms with E-state index in [9.17, 15) is 4.79 Å². The van der Waals surface area contributed by atoms with E-state index in [-0.39, 0.29) is 12.0 Å². The lowest BCUT2D eigenvalue weighted by Crippen LogP contribution is -2.49. The molecule has 21 heavy (non-hydrogen) atoms. The van der Waals surface area contributed by atoms with Gasteiger partial charge in [0.1, 0.15) is 5.82 Å². The summed E-state index contributed by atoms with van der Waals surface area (Å²) in [5.41, 5.74) is 0.629. The Kier molecular flexibility index (Phi) is 3.78. The lowest BCUT2D eigenvalue weighted by atomic mass is 10.0. The van der Waals surface area contributed by atoms with Crippen LogP contribution in [0, 0.1) is 17.2 Å². The molecule has 1 saturated carbocycles. The van der Waals surface area contributed by atoms with Crippen molar-refractivity contribution in [1.82, 2.24) is 9.88 Å². The van der Waals surface area contributed by atoms with Gasteiger partial charge >= 0.3 is 0 Å². The lowest BCUT2D eigenvalue weighted by Gasteiger charge is -2.38. The molecule has 0 spiro atoms. The predicted molar refractivity (Wildman–Crippen MR) is 79.7 cm³/mol. The smallest absolute Gasteiger partial charge is 0.225 e. The number of rotatable bonds is 3. The third kappa shape index (κ3) is 2.99. The van der Waals surface area contributed by atoms with Crippen LogP contribution in [0.2, 0.25) is 0 Å². The second-order valence-electron chi connectivity index (χ2n) is 5.98. The molecule has 3 rings (SSSR count). The van der Waals surface area contributed by atoms with Crippen LogP contribution in [0.3, 0.4) is 0 Å². The Morgan fingerprint density at radius 2 is 2.29 bits per heavy atom. The number of nitriles is 1. The Balaban J connectivity index is 1.70. The van der Waals surface area contributed by atoms with Crippen molar-refractivity contribution >= 4 is 11.7 Å². The summed E-state index contributed by atoms with van der Waals surface area (Å²) in [7, 11) is 1.92. The van der Waals surface area contributed by atoms with Gasteiger partial charge in [-0.2, -0.15) is 5.26 Å². The van der Waals surface area contributed by atoms with Gasteiger partial charge in [-0.15, -0.1) is 0 Å². The van der Waals surface area contributed by atoms with Crippen LogP contribution in [0.1, 0.15) is 31.2 Å². The van der Waals surface area contributed by atoms with E-state index in [1.54, 1.807) is 12.3 Å². The fourth-order valence-electron chi connectivity index (χ4n) is 2.94. The summed E-state index contributed by atoms with van der Waals surface area (Å²) in [6.07, 6.45) is 5.86. The van der Waals surface area contributed by atoms with E-state index in [1.165, 1.54) is 0 Å². The SMILES string of the molecule is CN(C(=O)C1CC1)C1CCCN(c2cc(C#N)ccn2)C1. The summed E-state index contributed by atoms with van der Waals surface area (Å²) in [5, 5.41) is 8.99. The molecule has 1 aliphatic carbocycles. The first kappa shape index (κ1) is 13.9. The van der Waals surface area contributed by atoms with Gasteiger partial charge in [0.15, 0.2) is 0 Å². The summed E-state index contributed by atoms with van der Waals surface area (Å²) in [5.74, 6) is 1.40. The molecule has 1 aliphatic heterocycles. The van der Waals surface area contributed by atoms with Crippen LogP contribution >= 0.6 is 0 Å². The highest BCUT2D eigenvalue weighted by atomic mass is 16.2. The molecular weight excluding hydrogens is 264 g/mol. The number of likely N-dealkylation sites (N-methyl/N-ethyl adjacent to an activating group) is 1. The van der Waals surface area contributed by atoms with Crippen molar-refractivity contribution in [2.24, 2.45) is 5.92 Å². The molecule has 1 atom stereocenters. The van der Waals surface area contributed by atoms with Crippen LogP contribution in [0.4, 0.5) is 5.82 Å². The minimum absolute atomic E-state index is 0.249. The molecule has 5 nitrogen and oxygen atoms in total. The molecule has 5 heteroatoms. The average molecular weight is 284 g/mol. The molecule has 1 unspecified atom stereocenters. The predicted octanol–water partition coefficient (Wildman–Crippen LogP) is 1.79. The first-order valence-corrected chi connectivity index (χ1v) is 7.57. The molecular formula is C16H20N4O. The number of nitrogens with zero attached hydrogens (tertiary/aromatic N) is 4. The van der Waals surface area contributed by atoms with E-state index in [0.717, 1.165) is 44.6 Å². The van der Waals surface area contributed by atoms with Gasteiger partial charge in [0.25, 0.3) is 0 Å². The zero-order valence-electron chi connectivity index (χ0n) is 12.3. The van der Waals surface area contributed by atoms with Crippen molar-refractivity contribution in [3.05, 3.63) is 23.9 Å². The van der Waals surface area contributed by atoms with Crippen LogP contribution in [0.25, 0.3) is 0 Å². The number of carbonyl (C=O) groups is 1. The van der Waals surface area contributed by atoms with Gasteiger partial charge in [-0.1, -0.05) is 0 Å². The summed E-state index contributed by atoms with van der Waals surface area (Å²) < 4.78 is 0. The largest absolute Gasteiger partial charge is 0.355 e. The molecule has 1 saturated heterocycles. The average Bonchev–Trinajstić information content (AvgIpc) is 3.38. The summed E-state index contributed by atoms with van der Waals surface area (Å²) in [6, 6.07) is 5.94. The van der Waals surface area contributed by atoms with Crippen molar-refractivity contribution in [2.45, 2.75) is 31.7 Å². The van der Waals surface area contributed by atoms with Crippen molar-refractivity contribution in [2.75, 3.05) is 25.0 Å². The van der Waals surface area contributed by atoms with Gasteiger partial charge in [-0.3, -0.25) is 4.79 Å². The molecule has 0 aromatic carbocycles. The number of hydrogen-bond donors (Lipinski definition) is 0. The van der Waals surface area contributed by atoms with Crippen molar-refractivity contribution in [3.63, 3.8) is 0 Å². The number of amides is 1. The van der Waals surface area contributed by atoms with Gasteiger partial charge < -0.3 is 9.80 Å². The number of aromatic nitrogens is 1. The third-order valence-electron chi connectivity index (χ3n) is 4.42. The quantitative estimate of drug-likeness (QED) is 0.849. The molecule has 2 aliphatic rings. The minimum Gasteiger partial charge on any atom is -0.355 e. The highest BCUT2D eigenvalue weighted by Crippen LogP contribution is 2.32. The Morgan fingerprint density at radius 1 is 1.48 bits per heavy atom. The molecule has 0 bridgehead atoms. The maximum atomic E-state index is 12.2. The summed E-state index contributed by atoms with van der Waals surface area (Å²) >= 11 is 0. The molecule has 0 N–H and O–H groups in total. The van der Waals surface area contributed by atoms with E-state index in [1.807, 2.05) is 18.0 Å². The highest BCUT2D eigenvalue weighted by molar-refractivity contribution is 5.81. The summed E-state index contributed by atoms with van der Waals surface area (Å²) in [6.45, 7) is 1.74. The summed E-state index contributed by atoms with van der Waals surface area (Å²) in [4.78, 5) is 20.7. The number of carbonyl (C=O) groups excluding carboxylic acids is 1. The Hall–Kier alpha value is -2.09. The molecule has 0 radical (unpaired) electrons. The van der Waals surface area contributed by atoms with Crippen LogP contribution in [-0.2, 0) is 4.79 Å². The number of anilines is 1. The molecule has 2 fully saturated rings. The molecule has 1 aromatic heterocycles. The monoisotopic (exact) mass is 284 g/mol. The Morgan fingerprint density at radius 3 is 3.00 bits per heavy atom. The molecule has 110 valence electrons. The van der Waals surface area contributed by atoms with Crippen molar-refractivity contribution in [3.8, 4) is 6.07 Å². The molecule has 2 heterocycles. The maximum Gasteiger partial charge on any atom is 0.225 e. The van der Waals surface area contributed by atoms with Gasteiger partial charge in [0.2, 0.25) is 5.91 Å². The standard InChI is InChI=1S/C16H20N4O/c1-19(16(21)13-4-5-13)14-3-2-8-20(11-14)15-9-12(10-17)6-7-18-15/h6-7,9,13-14H,2-5,8,11H2,1H3. The van der Waals surface area contributed by atoms with Gasteiger partial charge in [0.05, 0.1) is 11.6 Å². The topological polar surface area (TPSA) is 60.2 Å². The van der Waals surface area contributed by atoms with E-state index >= 15 is 0 Å². The van der Waals surface area contributed by atoms with E-state index in [2.05, 4.69) is 16.0 Å². The van der Waals surface area contributed by atoms with Crippen LogP contribution in [0.5, 0.6) is 0 Å². The van der Waals surface area contributed by atoms with E-state index in [4.69, 9.17) is 5.26 Å². The van der Waals surface area contributed by atoms with E-state index in [0.29, 0.717) is 11.5 Å². The lowest BCUT2D eigenvalue weighted by molar-refractivity contribution is -0.133. The minimum atomic E-state index is 0.249. The van der Waals surface area contributed by atoms with Gasteiger partial charge in [-0.05, 0) is 37.8 Å². The van der Waals surface area contributed by atoms with Gasteiger partial charge in [0, 0.05) is 38.3 Å². The van der Waals surface area contributed by atoms with Crippen LogP contribution < -0.4 is 4.90 Å². The Bertz CT molecular complexity index is 576. The van der Waals surface area contributed by atoms with Gasteiger partial charge in [-0.25, -0.2) is 4.98 Å². The number of hydrogen-bond acceptors (Lipinski definition) is 4. The fraction of sp³-hybridized carbons (Fsp3) is 0.562. The third-order valence-corrected chi connectivity index (χ3v) is 4.42. The normalized spacial score (nSPS) is 21.7. The van der Waals surface area contributed by atoms with E-state index < -0.39 is 0 Å². The molecule has 1 aromatic rings. The van der Waals surface area contributed by atoms with Crippen LogP contribution in [0.15, 0.2) is 18.3 Å². The van der Waals surface area contributed by atoms with Crippen molar-refractivity contribution in [1.29, 1.82) is 5.26 Å².